The van der Waals surface area contributed by atoms with Gasteiger partial charge in [0.25, 0.3) is 0 Å². The fraction of sp³-hybridized carbons (Fsp3) is 0.408. The maximum Gasteiger partial charge on any atom is 0.457 e. The van der Waals surface area contributed by atoms with Crippen LogP contribution >= 0.6 is 0 Å². The maximum atomic E-state index is 13.1. The fourth-order valence-electron chi connectivity index (χ4n) is 6.55. The molecule has 0 heterocycles. The molecule has 0 aliphatic heterocycles. The van der Waals surface area contributed by atoms with E-state index in [1.165, 1.54) is 42.8 Å². The van der Waals surface area contributed by atoms with E-state index in [-0.39, 0.29) is 41.2 Å². The lowest BCUT2D eigenvalue weighted by molar-refractivity contribution is -0.172. The third-order valence-electron chi connectivity index (χ3n) is 10.8. The second kappa shape index (κ2) is 52.2. The Balaban J connectivity index is -0.000000359. The number of nitriles is 5. The van der Waals surface area contributed by atoms with Gasteiger partial charge in [0.05, 0.1) is 11.6 Å². The highest BCUT2D eigenvalue weighted by atomic mass is 19.4. The molecular weight excluding hydrogens is 1410 g/mol. The molecule has 4 rings (SSSR count). The van der Waals surface area contributed by atoms with Gasteiger partial charge in [-0.25, -0.2) is 43.9 Å². The Bertz CT molecular complexity index is 3690. The summed E-state index contributed by atoms with van der Waals surface area (Å²) in [6, 6.07) is 29.8. The first-order valence-corrected chi connectivity index (χ1v) is 31.0. The molecule has 0 N–H and O–H groups in total. The van der Waals surface area contributed by atoms with E-state index in [0.717, 1.165) is 18.2 Å². The topological polar surface area (TPSA) is 119 Å². The Hall–Kier alpha value is -9.77. The highest BCUT2D eigenvalue weighted by Gasteiger charge is 2.50. The van der Waals surface area contributed by atoms with Crippen molar-refractivity contribution in [3.8, 4) is 65.9 Å². The third-order valence-corrected chi connectivity index (χ3v) is 10.8. The van der Waals surface area contributed by atoms with Crippen LogP contribution in [-0.4, -0.2) is 31.4 Å². The monoisotopic (exact) mass is 1490 g/mol. The third kappa shape index (κ3) is 48.2. The van der Waals surface area contributed by atoms with Gasteiger partial charge in [-0.15, -0.1) is 0 Å². The molecular formula is C76H80BF22N5. The zero-order valence-corrected chi connectivity index (χ0v) is 60.1. The summed E-state index contributed by atoms with van der Waals surface area (Å²) >= 11 is 0. The van der Waals surface area contributed by atoms with Crippen molar-refractivity contribution in [1.29, 1.82) is 26.3 Å². The summed E-state index contributed by atoms with van der Waals surface area (Å²) in [6.45, 7) is 32.4. The van der Waals surface area contributed by atoms with Crippen LogP contribution in [-0.2, 0) is 0 Å². The number of hydrogen-bond donors (Lipinski definition) is 0. The van der Waals surface area contributed by atoms with Gasteiger partial charge in [-0.2, -0.15) is 79.0 Å². The standard InChI is InChI=1S/C15H17B.C11H9F5.C11H7F5.C7H8F6.C7H8F3N.C7H8N2.C6H7F3.C6H9N.C6H7N/c1-13(2)16(14-9-5-3-6-10-14)15-11-7-4-8-12-15;2*1-5(2)3-4-6-7(12)9(14)11(16)10(15)8(6)13;1-4(2)3-5(6(8,9)10)7(11,12)13;1-5(2)3-6(4-11)7(8,9)10;1-6(2)3-7(4-8)5-9;1-5(2)3-4-6(7,8)9;2*1-6(2)4-3-5-7/h3-13H,1-2H3;3-5H,1-2H3;5H,1-2H3;3-4H,1-2H3;3,5H,1-2H3;3,6H,1-2H3;5H,1-2H3;3-4,6H,1-2H3;6H,1-2H3/b;4-3+;;;6-3+;;;4-3+;. The molecule has 566 valence electrons. The normalized spacial score (nSPS) is 10.8. The number of nitrogens with zero attached hydrogens (tertiary/aromatic N) is 5. The van der Waals surface area contributed by atoms with Crippen LogP contribution in [0, 0.1) is 198 Å². The summed E-state index contributed by atoms with van der Waals surface area (Å²) < 4.78 is 268. The summed E-state index contributed by atoms with van der Waals surface area (Å²) in [5.41, 5.74) is -2.55. The molecule has 5 nitrogen and oxygen atoms in total. The van der Waals surface area contributed by atoms with Gasteiger partial charge in [-0.1, -0.05) is 262 Å². The van der Waals surface area contributed by atoms with Crippen LogP contribution in [0.15, 0.2) is 114 Å². The van der Waals surface area contributed by atoms with Gasteiger partial charge in [0.1, 0.15) is 40.5 Å². The van der Waals surface area contributed by atoms with E-state index in [1.54, 1.807) is 79.7 Å². The molecule has 0 spiro atoms. The van der Waals surface area contributed by atoms with Crippen molar-refractivity contribution in [2.45, 2.75) is 155 Å². The van der Waals surface area contributed by atoms with E-state index < -0.39 is 111 Å². The molecule has 0 atom stereocenters. The number of alkyl halides is 12. The first-order chi connectivity index (χ1) is 47.6. The molecule has 0 radical (unpaired) electrons. The number of allylic oxidation sites excluding steroid dienone is 9. The van der Waals surface area contributed by atoms with Crippen LogP contribution in [0.4, 0.5) is 96.6 Å². The van der Waals surface area contributed by atoms with Gasteiger partial charge in [0.2, 0.25) is 18.3 Å². The summed E-state index contributed by atoms with van der Waals surface area (Å²) in [5, 5.41) is 40.4. The molecule has 0 aliphatic carbocycles. The second-order valence-electron chi connectivity index (χ2n) is 24.0. The zero-order chi connectivity index (χ0) is 82.4. The van der Waals surface area contributed by atoms with Gasteiger partial charge in [0.15, 0.2) is 52.6 Å². The van der Waals surface area contributed by atoms with Crippen molar-refractivity contribution in [1.82, 2.24) is 0 Å². The van der Waals surface area contributed by atoms with Crippen LogP contribution < -0.4 is 10.9 Å². The van der Waals surface area contributed by atoms with Crippen molar-refractivity contribution in [3.63, 3.8) is 0 Å². The smallest absolute Gasteiger partial charge is 0.203 e. The Morgan fingerprint density at radius 1 is 0.394 bits per heavy atom. The lowest BCUT2D eigenvalue weighted by atomic mass is 9.34. The molecule has 0 bridgehead atoms. The Morgan fingerprint density at radius 3 is 0.962 bits per heavy atom. The maximum absolute atomic E-state index is 13.1. The van der Waals surface area contributed by atoms with Crippen LogP contribution in [0.2, 0.25) is 5.82 Å². The van der Waals surface area contributed by atoms with Crippen molar-refractivity contribution in [2.75, 3.05) is 0 Å². The fourth-order valence-corrected chi connectivity index (χ4v) is 6.55. The Labute approximate surface area is 596 Å². The van der Waals surface area contributed by atoms with Crippen molar-refractivity contribution in [3.05, 3.63) is 183 Å². The summed E-state index contributed by atoms with van der Waals surface area (Å²) in [7, 11) is 0. The molecule has 0 aromatic heterocycles. The van der Waals surface area contributed by atoms with E-state index in [1.807, 2.05) is 65.5 Å². The molecule has 0 fully saturated rings. The van der Waals surface area contributed by atoms with Gasteiger partial charge in [-0.05, 0) is 29.6 Å². The number of hydrogen-bond acceptors (Lipinski definition) is 5. The summed E-state index contributed by atoms with van der Waals surface area (Å²) in [5.74, 6) is -6.97. The lowest BCUT2D eigenvalue weighted by Gasteiger charge is -2.18. The summed E-state index contributed by atoms with van der Waals surface area (Å²) in [6.07, 6.45) is -11.2. The Morgan fingerprint density at radius 2 is 0.750 bits per heavy atom. The first kappa shape index (κ1) is 103. The predicted octanol–water partition coefficient (Wildman–Crippen LogP) is 23.2. The van der Waals surface area contributed by atoms with Crippen molar-refractivity contribution < 1.29 is 96.6 Å². The minimum absolute atomic E-state index is 0.0602. The molecule has 0 saturated carbocycles. The van der Waals surface area contributed by atoms with Crippen LogP contribution in [0.25, 0.3) is 6.08 Å². The molecule has 0 amide bonds. The van der Waals surface area contributed by atoms with Crippen molar-refractivity contribution in [2.24, 2.45) is 47.3 Å². The van der Waals surface area contributed by atoms with Gasteiger partial charge < -0.3 is 0 Å². The lowest BCUT2D eigenvalue weighted by Crippen LogP contribution is -2.44. The highest BCUT2D eigenvalue weighted by Crippen LogP contribution is 2.39. The second-order valence-corrected chi connectivity index (χ2v) is 24.0. The van der Waals surface area contributed by atoms with Crippen LogP contribution in [0.1, 0.15) is 136 Å². The van der Waals surface area contributed by atoms with Crippen LogP contribution in [0.5, 0.6) is 0 Å². The number of benzene rings is 4. The largest absolute Gasteiger partial charge is 0.457 e. The molecule has 104 heavy (non-hydrogen) atoms. The minimum Gasteiger partial charge on any atom is -0.203 e. The molecule has 28 heteroatoms. The number of halogens is 22. The number of rotatable bonds is 9. The van der Waals surface area contributed by atoms with Gasteiger partial charge >= 0.3 is 24.7 Å². The molecule has 0 aliphatic rings. The summed E-state index contributed by atoms with van der Waals surface area (Å²) in [4.78, 5) is 0. The van der Waals surface area contributed by atoms with Gasteiger partial charge in [-0.3, -0.25) is 0 Å². The molecule has 4 aromatic carbocycles. The quantitative estimate of drug-likeness (QED) is 0.0314. The van der Waals surface area contributed by atoms with Crippen LogP contribution in [0.3, 0.4) is 0 Å². The molecule has 0 unspecified atom stereocenters. The highest BCUT2D eigenvalue weighted by molar-refractivity contribution is 6.86. The average Bonchev–Trinajstić information content (AvgIpc) is 0.807. The van der Waals surface area contributed by atoms with E-state index in [0.29, 0.717) is 24.4 Å². The minimum atomic E-state index is -5.33. The van der Waals surface area contributed by atoms with E-state index >= 15 is 0 Å². The van der Waals surface area contributed by atoms with E-state index in [4.69, 9.17) is 26.3 Å². The SMILES string of the molecule is CC(C)/C=C(\C#N)C(F)(F)F.CC(C)/C=C/C#N.CC(C)/C=C/c1c(F)c(F)c(F)c(F)c1F.CC(C)B(c1ccccc1)c1ccccc1.CC(C)C#CC#N.CC(C)C#CC(F)(F)F.CC(C)C#Cc1c(F)c(F)c(F)c(F)c1F.CC(C)C=C(C#N)C#N.CC(C)C=C(C(F)(F)F)C(F)(F)F. The Kier molecular flexibility index (Phi) is 51.7. The predicted molar refractivity (Wildman–Crippen MR) is 361 cm³/mol. The zero-order valence-electron chi connectivity index (χ0n) is 60.1. The average molecular weight is 1490 g/mol. The van der Waals surface area contributed by atoms with Gasteiger partial charge in [0, 0.05) is 35.7 Å². The van der Waals surface area contributed by atoms with Crippen molar-refractivity contribution >= 4 is 23.7 Å². The molecule has 4 aromatic rings. The van der Waals surface area contributed by atoms with E-state index in [2.05, 4.69) is 92.3 Å². The molecule has 0 saturated heterocycles. The van der Waals surface area contributed by atoms with E-state index in [9.17, 15) is 96.6 Å². The first-order valence-electron chi connectivity index (χ1n) is 31.0.